The number of rotatable bonds is 4. The average Bonchev–Trinajstić information content (AvgIpc) is 3.27. The van der Waals surface area contributed by atoms with Crippen molar-refractivity contribution in [2.75, 3.05) is 5.32 Å². The molecule has 0 atom stereocenters. The van der Waals surface area contributed by atoms with Crippen LogP contribution in [-0.2, 0) is 6.18 Å². The minimum atomic E-state index is -4.47. The molecule has 2 heterocycles. The van der Waals surface area contributed by atoms with Crippen LogP contribution in [0.3, 0.4) is 0 Å². The largest absolute Gasteiger partial charge is 0.416 e. The highest BCUT2D eigenvalue weighted by Gasteiger charge is 2.30. The van der Waals surface area contributed by atoms with Crippen LogP contribution in [-0.4, -0.2) is 25.5 Å². The Hall–Kier alpha value is -3.82. The van der Waals surface area contributed by atoms with E-state index in [1.54, 1.807) is 10.6 Å². The number of carbonyl (C=O) groups is 1. The summed E-state index contributed by atoms with van der Waals surface area (Å²) in [5.74, 6) is 0.254. The number of hydrogen-bond acceptors (Lipinski definition) is 4. The number of halogens is 4. The number of benzene rings is 2. The third kappa shape index (κ3) is 4.87. The molecule has 1 saturated carbocycles. The number of alkyl halides is 3. The van der Waals surface area contributed by atoms with Gasteiger partial charge in [0.2, 0.25) is 0 Å². The van der Waals surface area contributed by atoms with Crippen molar-refractivity contribution < 1.29 is 22.4 Å². The highest BCUT2D eigenvalue weighted by Crippen LogP contribution is 2.33. The molecular formula is C25H21F4N5O. The summed E-state index contributed by atoms with van der Waals surface area (Å²) in [6.45, 7) is 0. The zero-order chi connectivity index (χ0) is 24.6. The molecule has 1 aliphatic carbocycles. The number of aromatic nitrogens is 4. The second kappa shape index (κ2) is 9.09. The predicted molar refractivity (Wildman–Crippen MR) is 121 cm³/mol. The SMILES string of the molecule is O=C(Nc1cnc2nnc(C3CCCCC3)n2c1)c1cc(F)cc(-c2ccc(C(F)(F)F)cc2)c1. The van der Waals surface area contributed by atoms with Crippen molar-refractivity contribution in [3.05, 3.63) is 77.6 Å². The van der Waals surface area contributed by atoms with Gasteiger partial charge in [-0.2, -0.15) is 13.2 Å². The third-order valence-corrected chi connectivity index (χ3v) is 6.23. The monoisotopic (exact) mass is 483 g/mol. The highest BCUT2D eigenvalue weighted by molar-refractivity contribution is 6.04. The van der Waals surface area contributed by atoms with Gasteiger partial charge in [-0.3, -0.25) is 9.20 Å². The molecule has 10 heteroatoms. The molecule has 6 nitrogen and oxygen atoms in total. The molecule has 5 rings (SSSR count). The predicted octanol–water partition coefficient (Wildman–Crippen LogP) is 6.25. The Morgan fingerprint density at radius 2 is 1.71 bits per heavy atom. The van der Waals surface area contributed by atoms with Crippen LogP contribution in [0.1, 0.15) is 59.8 Å². The first-order chi connectivity index (χ1) is 16.8. The molecule has 0 bridgehead atoms. The van der Waals surface area contributed by atoms with Gasteiger partial charge in [0.05, 0.1) is 17.4 Å². The fourth-order valence-corrected chi connectivity index (χ4v) is 4.45. The van der Waals surface area contributed by atoms with Crippen LogP contribution < -0.4 is 5.32 Å². The van der Waals surface area contributed by atoms with Gasteiger partial charge in [-0.05, 0) is 54.3 Å². The standard InChI is InChI=1S/C25H21F4N5O/c26-20-11-17(15-6-8-19(9-7-15)25(27,28)29)10-18(12-20)23(35)31-21-13-30-24-33-32-22(34(24)14-21)16-4-2-1-3-5-16/h6-14,16H,1-5H2,(H,31,35). The fourth-order valence-electron chi connectivity index (χ4n) is 4.45. The Labute approximate surface area is 198 Å². The van der Waals surface area contributed by atoms with Crippen molar-refractivity contribution in [2.45, 2.75) is 44.2 Å². The van der Waals surface area contributed by atoms with E-state index in [0.717, 1.165) is 49.7 Å². The van der Waals surface area contributed by atoms with E-state index in [9.17, 15) is 22.4 Å². The van der Waals surface area contributed by atoms with Crippen molar-refractivity contribution >= 4 is 17.4 Å². The quantitative estimate of drug-likeness (QED) is 0.348. The Morgan fingerprint density at radius 1 is 0.971 bits per heavy atom. The van der Waals surface area contributed by atoms with Crippen molar-refractivity contribution in [2.24, 2.45) is 0 Å². The first-order valence-electron chi connectivity index (χ1n) is 11.3. The molecule has 2 aromatic carbocycles. The molecule has 180 valence electrons. The van der Waals surface area contributed by atoms with Crippen LogP contribution in [0.25, 0.3) is 16.9 Å². The van der Waals surface area contributed by atoms with Crippen LogP contribution in [0.5, 0.6) is 0 Å². The van der Waals surface area contributed by atoms with Gasteiger partial charge in [0.1, 0.15) is 11.6 Å². The van der Waals surface area contributed by atoms with Crippen LogP contribution in [0.4, 0.5) is 23.2 Å². The number of hydrogen-bond donors (Lipinski definition) is 1. The third-order valence-electron chi connectivity index (χ3n) is 6.23. The van der Waals surface area contributed by atoms with Gasteiger partial charge < -0.3 is 5.32 Å². The number of nitrogens with zero attached hydrogens (tertiary/aromatic N) is 4. The van der Waals surface area contributed by atoms with E-state index in [-0.39, 0.29) is 17.0 Å². The summed E-state index contributed by atoms with van der Waals surface area (Å²) in [5.41, 5.74) is 0.253. The Balaban J connectivity index is 1.39. The minimum Gasteiger partial charge on any atom is -0.319 e. The molecule has 2 aromatic heterocycles. The molecule has 0 spiro atoms. The minimum absolute atomic E-state index is 0.0243. The Morgan fingerprint density at radius 3 is 2.43 bits per heavy atom. The number of anilines is 1. The lowest BCUT2D eigenvalue weighted by Crippen LogP contribution is -2.14. The lowest BCUT2D eigenvalue weighted by Gasteiger charge is -2.19. The van der Waals surface area contributed by atoms with E-state index in [4.69, 9.17) is 0 Å². The summed E-state index contributed by atoms with van der Waals surface area (Å²) >= 11 is 0. The smallest absolute Gasteiger partial charge is 0.319 e. The zero-order valence-corrected chi connectivity index (χ0v) is 18.5. The highest BCUT2D eigenvalue weighted by atomic mass is 19.4. The normalized spacial score (nSPS) is 14.9. The van der Waals surface area contributed by atoms with Crippen LogP contribution in [0, 0.1) is 5.82 Å². The number of carbonyl (C=O) groups excluding carboxylic acids is 1. The van der Waals surface area contributed by atoms with Crippen molar-refractivity contribution in [3.8, 4) is 11.1 Å². The molecule has 1 amide bonds. The molecule has 0 unspecified atom stereocenters. The Kier molecular flexibility index (Phi) is 5.96. The average molecular weight is 483 g/mol. The summed E-state index contributed by atoms with van der Waals surface area (Å²) in [6, 6.07) is 8.00. The molecule has 35 heavy (non-hydrogen) atoms. The molecule has 0 radical (unpaired) electrons. The van der Waals surface area contributed by atoms with Gasteiger partial charge in [0, 0.05) is 17.7 Å². The second-order valence-electron chi connectivity index (χ2n) is 8.66. The van der Waals surface area contributed by atoms with E-state index in [2.05, 4.69) is 20.5 Å². The van der Waals surface area contributed by atoms with Gasteiger partial charge >= 0.3 is 6.18 Å². The molecule has 0 aliphatic heterocycles. The van der Waals surface area contributed by atoms with E-state index < -0.39 is 23.5 Å². The maximum atomic E-state index is 14.3. The number of amides is 1. The maximum Gasteiger partial charge on any atom is 0.416 e. The van der Waals surface area contributed by atoms with E-state index in [1.807, 2.05) is 0 Å². The summed E-state index contributed by atoms with van der Waals surface area (Å²) in [4.78, 5) is 17.2. The number of fused-ring (bicyclic) bond motifs is 1. The van der Waals surface area contributed by atoms with Gasteiger partial charge in [0.15, 0.2) is 0 Å². The van der Waals surface area contributed by atoms with E-state index in [0.29, 0.717) is 17.0 Å². The summed E-state index contributed by atoms with van der Waals surface area (Å²) < 4.78 is 54.6. The molecule has 0 saturated heterocycles. The first kappa shape index (κ1) is 22.9. The lowest BCUT2D eigenvalue weighted by atomic mass is 9.89. The van der Waals surface area contributed by atoms with Crippen LogP contribution >= 0.6 is 0 Å². The summed E-state index contributed by atoms with van der Waals surface area (Å²) in [5, 5.41) is 11.1. The van der Waals surface area contributed by atoms with Gasteiger partial charge in [-0.25, -0.2) is 9.37 Å². The molecule has 1 fully saturated rings. The van der Waals surface area contributed by atoms with Gasteiger partial charge in [-0.1, -0.05) is 31.4 Å². The van der Waals surface area contributed by atoms with Gasteiger partial charge in [0.25, 0.3) is 11.7 Å². The summed E-state index contributed by atoms with van der Waals surface area (Å²) in [6.07, 6.45) is 4.18. The molecule has 1 N–H and O–H groups in total. The summed E-state index contributed by atoms with van der Waals surface area (Å²) in [7, 11) is 0. The van der Waals surface area contributed by atoms with Crippen LogP contribution in [0.15, 0.2) is 54.9 Å². The van der Waals surface area contributed by atoms with Crippen LogP contribution in [0.2, 0.25) is 0 Å². The topological polar surface area (TPSA) is 72.2 Å². The maximum absolute atomic E-state index is 14.3. The van der Waals surface area contributed by atoms with E-state index in [1.165, 1.54) is 36.9 Å². The lowest BCUT2D eigenvalue weighted by molar-refractivity contribution is -0.137. The van der Waals surface area contributed by atoms with Gasteiger partial charge in [-0.15, -0.1) is 10.2 Å². The second-order valence-corrected chi connectivity index (χ2v) is 8.66. The van der Waals surface area contributed by atoms with Crippen molar-refractivity contribution in [1.29, 1.82) is 0 Å². The molecular weight excluding hydrogens is 462 g/mol. The molecule has 1 aliphatic rings. The van der Waals surface area contributed by atoms with E-state index >= 15 is 0 Å². The molecule has 4 aromatic rings. The first-order valence-corrected chi connectivity index (χ1v) is 11.3. The number of nitrogens with one attached hydrogen (secondary N) is 1. The Bertz CT molecular complexity index is 1380. The van der Waals surface area contributed by atoms with Crippen molar-refractivity contribution in [3.63, 3.8) is 0 Å². The zero-order valence-electron chi connectivity index (χ0n) is 18.5. The fraction of sp³-hybridized carbons (Fsp3) is 0.280. The van der Waals surface area contributed by atoms with Crippen molar-refractivity contribution in [1.82, 2.24) is 19.6 Å².